The Kier molecular flexibility index (Phi) is 8.41. The molecule has 37 heavy (non-hydrogen) atoms. The number of anilines is 1. The Hall–Kier alpha value is -3.49. The van der Waals surface area contributed by atoms with Gasteiger partial charge in [-0.1, -0.05) is 18.5 Å². The van der Waals surface area contributed by atoms with Gasteiger partial charge in [0.05, 0.1) is 40.0 Å². The molecular formula is C28H34ClN7O. The molecule has 0 saturated carbocycles. The molecule has 0 saturated heterocycles. The summed E-state index contributed by atoms with van der Waals surface area (Å²) in [5, 5.41) is 12.3. The molecule has 0 bridgehead atoms. The van der Waals surface area contributed by atoms with E-state index in [2.05, 4.69) is 29.6 Å². The Bertz CT molecular complexity index is 1420. The maximum atomic E-state index is 13.8. The summed E-state index contributed by atoms with van der Waals surface area (Å²) in [6.45, 7) is 9.07. The van der Waals surface area contributed by atoms with Crippen molar-refractivity contribution in [1.29, 1.82) is 0 Å². The predicted octanol–water partition coefficient (Wildman–Crippen LogP) is 4.94. The molecule has 0 atom stereocenters. The SMILES string of the molecule is CCc1nc(-c2cc(C(=O)N(C)Cc3cnn(CC)c3C)c3cc(Cl)ccc3n2)ccc1NCCNC. The fraction of sp³-hybridized carbons (Fsp3) is 0.357. The zero-order valence-corrected chi connectivity index (χ0v) is 22.9. The largest absolute Gasteiger partial charge is 0.382 e. The first kappa shape index (κ1) is 26.6. The molecule has 0 aliphatic carbocycles. The number of pyridine rings is 2. The number of rotatable bonds is 10. The van der Waals surface area contributed by atoms with Crippen molar-refractivity contribution in [3.8, 4) is 11.4 Å². The molecule has 4 rings (SSSR count). The highest BCUT2D eigenvalue weighted by atomic mass is 35.5. The number of hydrogen-bond donors (Lipinski definition) is 2. The Balaban J connectivity index is 1.73. The van der Waals surface area contributed by atoms with Crippen LogP contribution in [0.15, 0.2) is 42.6 Å². The van der Waals surface area contributed by atoms with Gasteiger partial charge in [-0.15, -0.1) is 0 Å². The number of carbonyl (C=O) groups is 1. The number of likely N-dealkylation sites (N-methyl/N-ethyl adjacent to an activating group) is 1. The van der Waals surface area contributed by atoms with Crippen LogP contribution in [0, 0.1) is 6.92 Å². The third-order valence-electron chi connectivity index (χ3n) is 6.52. The van der Waals surface area contributed by atoms with Crippen LogP contribution in [0.25, 0.3) is 22.3 Å². The number of nitrogens with zero attached hydrogens (tertiary/aromatic N) is 5. The second-order valence-electron chi connectivity index (χ2n) is 9.02. The minimum Gasteiger partial charge on any atom is -0.382 e. The molecule has 4 aromatic rings. The molecule has 0 aliphatic rings. The molecule has 1 aromatic carbocycles. The molecular weight excluding hydrogens is 486 g/mol. The number of benzene rings is 1. The third-order valence-corrected chi connectivity index (χ3v) is 6.76. The van der Waals surface area contributed by atoms with E-state index < -0.39 is 0 Å². The third kappa shape index (κ3) is 5.76. The van der Waals surface area contributed by atoms with Crippen molar-refractivity contribution in [3.05, 3.63) is 70.1 Å². The van der Waals surface area contributed by atoms with Crippen LogP contribution in [-0.4, -0.2) is 57.7 Å². The lowest BCUT2D eigenvalue weighted by Gasteiger charge is -2.19. The van der Waals surface area contributed by atoms with Gasteiger partial charge < -0.3 is 15.5 Å². The van der Waals surface area contributed by atoms with Crippen LogP contribution >= 0.6 is 11.6 Å². The summed E-state index contributed by atoms with van der Waals surface area (Å²) in [5.41, 5.74) is 6.66. The molecule has 194 valence electrons. The molecule has 8 nitrogen and oxygen atoms in total. The second-order valence-corrected chi connectivity index (χ2v) is 9.46. The summed E-state index contributed by atoms with van der Waals surface area (Å²) in [6, 6.07) is 11.3. The van der Waals surface area contributed by atoms with Gasteiger partial charge in [-0.2, -0.15) is 5.10 Å². The Morgan fingerprint density at radius 3 is 2.59 bits per heavy atom. The van der Waals surface area contributed by atoms with Gasteiger partial charge in [0.15, 0.2) is 0 Å². The average molecular weight is 520 g/mol. The second kappa shape index (κ2) is 11.7. The number of nitrogens with one attached hydrogen (secondary N) is 2. The number of aryl methyl sites for hydroxylation is 2. The predicted molar refractivity (Wildman–Crippen MR) is 150 cm³/mol. The number of amides is 1. The van der Waals surface area contributed by atoms with Crippen molar-refractivity contribution in [2.45, 2.75) is 40.3 Å². The maximum absolute atomic E-state index is 13.8. The number of carbonyl (C=O) groups excluding carboxylic acids is 1. The molecule has 0 unspecified atom stereocenters. The van der Waals surface area contributed by atoms with Crippen LogP contribution in [0.5, 0.6) is 0 Å². The standard InChI is InChI=1S/C28H34ClN7O/c1-6-23-25(31-13-12-30-4)10-11-26(33-23)27-15-22(21-14-20(29)8-9-24(21)34-27)28(37)35(5)17-19-16-32-36(7-2)18(19)3/h8-11,14-16,30-31H,6-7,12-13,17H2,1-5H3. The van der Waals surface area contributed by atoms with E-state index in [0.29, 0.717) is 28.3 Å². The normalized spacial score (nSPS) is 11.2. The van der Waals surface area contributed by atoms with Crippen LogP contribution in [0.1, 0.15) is 41.2 Å². The highest BCUT2D eigenvalue weighted by Gasteiger charge is 2.20. The van der Waals surface area contributed by atoms with E-state index in [9.17, 15) is 4.79 Å². The van der Waals surface area contributed by atoms with E-state index in [1.807, 2.05) is 49.1 Å². The highest BCUT2D eigenvalue weighted by molar-refractivity contribution is 6.31. The molecule has 1 amide bonds. The Morgan fingerprint density at radius 2 is 1.89 bits per heavy atom. The lowest BCUT2D eigenvalue weighted by molar-refractivity contribution is 0.0787. The van der Waals surface area contributed by atoms with E-state index in [-0.39, 0.29) is 5.91 Å². The van der Waals surface area contributed by atoms with Gasteiger partial charge in [-0.25, -0.2) is 9.97 Å². The highest BCUT2D eigenvalue weighted by Crippen LogP contribution is 2.29. The van der Waals surface area contributed by atoms with Gasteiger partial charge in [0, 0.05) is 54.9 Å². The number of fused-ring (bicyclic) bond motifs is 1. The molecule has 0 radical (unpaired) electrons. The van der Waals surface area contributed by atoms with Crippen molar-refractivity contribution in [2.75, 3.05) is 32.5 Å². The van der Waals surface area contributed by atoms with Crippen molar-refractivity contribution in [2.24, 2.45) is 0 Å². The summed E-state index contributed by atoms with van der Waals surface area (Å²) in [4.78, 5) is 25.2. The first-order valence-corrected chi connectivity index (χ1v) is 13.0. The lowest BCUT2D eigenvalue weighted by Crippen LogP contribution is -2.27. The van der Waals surface area contributed by atoms with Crippen LogP contribution in [-0.2, 0) is 19.5 Å². The summed E-state index contributed by atoms with van der Waals surface area (Å²) >= 11 is 6.32. The summed E-state index contributed by atoms with van der Waals surface area (Å²) in [7, 11) is 3.73. The fourth-order valence-corrected chi connectivity index (χ4v) is 4.57. The molecule has 3 heterocycles. The molecule has 0 aliphatic heterocycles. The Morgan fingerprint density at radius 1 is 1.08 bits per heavy atom. The Labute approximate surface area is 223 Å². The first-order valence-electron chi connectivity index (χ1n) is 12.6. The summed E-state index contributed by atoms with van der Waals surface area (Å²) < 4.78 is 1.93. The maximum Gasteiger partial charge on any atom is 0.254 e. The average Bonchev–Trinajstić information content (AvgIpc) is 3.26. The molecule has 2 N–H and O–H groups in total. The molecule has 9 heteroatoms. The summed E-state index contributed by atoms with van der Waals surface area (Å²) in [6.07, 6.45) is 2.61. The topological polar surface area (TPSA) is 88.0 Å². The van der Waals surface area contributed by atoms with E-state index >= 15 is 0 Å². The lowest BCUT2D eigenvalue weighted by atomic mass is 10.0. The van der Waals surface area contributed by atoms with Crippen LogP contribution in [0.2, 0.25) is 5.02 Å². The quantitative estimate of drug-likeness (QED) is 0.288. The van der Waals surface area contributed by atoms with Crippen molar-refractivity contribution < 1.29 is 4.79 Å². The van der Waals surface area contributed by atoms with Crippen molar-refractivity contribution in [3.63, 3.8) is 0 Å². The van der Waals surface area contributed by atoms with E-state index in [4.69, 9.17) is 21.6 Å². The van der Waals surface area contributed by atoms with Crippen LogP contribution in [0.3, 0.4) is 0 Å². The van der Waals surface area contributed by atoms with Gasteiger partial charge in [0.1, 0.15) is 0 Å². The molecule has 3 aromatic heterocycles. The number of aromatic nitrogens is 4. The van der Waals surface area contributed by atoms with Gasteiger partial charge in [0.2, 0.25) is 0 Å². The van der Waals surface area contributed by atoms with Gasteiger partial charge in [-0.05, 0) is 63.7 Å². The zero-order chi connectivity index (χ0) is 26.5. The smallest absolute Gasteiger partial charge is 0.254 e. The molecule has 0 fully saturated rings. The van der Waals surface area contributed by atoms with E-state index in [1.165, 1.54) is 0 Å². The fourth-order valence-electron chi connectivity index (χ4n) is 4.39. The molecule has 0 spiro atoms. The number of halogens is 1. The number of hydrogen-bond acceptors (Lipinski definition) is 6. The minimum atomic E-state index is -0.111. The van der Waals surface area contributed by atoms with Crippen molar-refractivity contribution in [1.82, 2.24) is 30.0 Å². The van der Waals surface area contributed by atoms with Crippen LogP contribution < -0.4 is 10.6 Å². The van der Waals surface area contributed by atoms with Crippen LogP contribution in [0.4, 0.5) is 5.69 Å². The summed E-state index contributed by atoms with van der Waals surface area (Å²) in [5.74, 6) is -0.111. The minimum absolute atomic E-state index is 0.111. The van der Waals surface area contributed by atoms with Gasteiger partial charge in [-0.3, -0.25) is 9.48 Å². The van der Waals surface area contributed by atoms with E-state index in [1.54, 1.807) is 24.1 Å². The monoisotopic (exact) mass is 519 g/mol. The zero-order valence-electron chi connectivity index (χ0n) is 22.1. The van der Waals surface area contributed by atoms with E-state index in [0.717, 1.165) is 59.8 Å². The first-order chi connectivity index (χ1) is 17.9. The van der Waals surface area contributed by atoms with Gasteiger partial charge >= 0.3 is 0 Å². The van der Waals surface area contributed by atoms with Crippen molar-refractivity contribution >= 4 is 34.1 Å². The van der Waals surface area contributed by atoms with Gasteiger partial charge in [0.25, 0.3) is 5.91 Å².